The number of carbonyl (C=O) groups excluding carboxylic acids is 2. The summed E-state index contributed by atoms with van der Waals surface area (Å²) in [6.45, 7) is 0.0746. The molecular weight excluding hydrogens is 424 g/mol. The minimum absolute atomic E-state index is 0.0336. The lowest BCUT2D eigenvalue weighted by atomic mass is 9.92. The smallest absolute Gasteiger partial charge is 0.269 e. The second kappa shape index (κ2) is 8.82. The predicted molar refractivity (Wildman–Crippen MR) is 111 cm³/mol. The summed E-state index contributed by atoms with van der Waals surface area (Å²) >= 11 is 0. The maximum Gasteiger partial charge on any atom is 0.269 e. The van der Waals surface area contributed by atoms with Crippen LogP contribution in [0.4, 0.5) is 5.69 Å². The topological polar surface area (TPSA) is 153 Å². The molecule has 10 nitrogen and oxygen atoms in total. The Morgan fingerprint density at radius 1 is 1.23 bits per heavy atom. The summed E-state index contributed by atoms with van der Waals surface area (Å²) in [5.74, 6) is -0.639. The third-order valence-corrected chi connectivity index (χ3v) is 6.17. The number of nitrogens with zero attached hydrogens (tertiary/aromatic N) is 2. The van der Waals surface area contributed by atoms with Gasteiger partial charge in [-0.25, -0.2) is 13.6 Å². The van der Waals surface area contributed by atoms with Crippen molar-refractivity contribution in [3.8, 4) is 0 Å². The molecule has 1 atom stereocenters. The van der Waals surface area contributed by atoms with Gasteiger partial charge in [0, 0.05) is 38.6 Å². The molecule has 1 aliphatic rings. The molecule has 0 fully saturated rings. The maximum atomic E-state index is 13.0. The van der Waals surface area contributed by atoms with E-state index in [9.17, 15) is 28.1 Å². The number of rotatable bonds is 6. The third-order valence-electron chi connectivity index (χ3n) is 5.25. The molecule has 11 heteroatoms. The number of aryl methyl sites for hydroxylation is 1. The Kier molecular flexibility index (Phi) is 6.37. The molecule has 164 valence electrons. The molecule has 0 radical (unpaired) electrons. The maximum absolute atomic E-state index is 13.0. The van der Waals surface area contributed by atoms with Crippen molar-refractivity contribution in [3.63, 3.8) is 0 Å². The van der Waals surface area contributed by atoms with Crippen LogP contribution in [0.25, 0.3) is 0 Å². The molecule has 3 N–H and O–H groups in total. The molecule has 2 aromatic carbocycles. The highest BCUT2D eigenvalue weighted by molar-refractivity contribution is 7.89. The van der Waals surface area contributed by atoms with Crippen LogP contribution < -0.4 is 10.5 Å². The van der Waals surface area contributed by atoms with Crippen LogP contribution in [0.15, 0.2) is 47.4 Å². The first-order chi connectivity index (χ1) is 14.6. The van der Waals surface area contributed by atoms with Gasteiger partial charge in [0.25, 0.3) is 5.69 Å². The van der Waals surface area contributed by atoms with Crippen molar-refractivity contribution < 1.29 is 22.9 Å². The zero-order valence-corrected chi connectivity index (χ0v) is 17.6. The molecule has 0 aliphatic carbocycles. The number of benzene rings is 2. The van der Waals surface area contributed by atoms with Crippen molar-refractivity contribution in [1.29, 1.82) is 0 Å². The third kappa shape index (κ3) is 5.06. The van der Waals surface area contributed by atoms with Crippen LogP contribution in [0.2, 0.25) is 0 Å². The molecule has 31 heavy (non-hydrogen) atoms. The van der Waals surface area contributed by atoms with E-state index in [-0.39, 0.29) is 48.2 Å². The van der Waals surface area contributed by atoms with Gasteiger partial charge in [-0.15, -0.1) is 0 Å². The fourth-order valence-electron chi connectivity index (χ4n) is 3.62. The summed E-state index contributed by atoms with van der Waals surface area (Å²) < 4.78 is 23.0. The Balaban J connectivity index is 1.81. The van der Waals surface area contributed by atoms with Crippen molar-refractivity contribution in [2.45, 2.75) is 36.7 Å². The van der Waals surface area contributed by atoms with Crippen LogP contribution in [0.1, 0.15) is 23.1 Å². The summed E-state index contributed by atoms with van der Waals surface area (Å²) in [7, 11) is -2.37. The first-order valence-electron chi connectivity index (χ1n) is 9.49. The number of carbonyl (C=O) groups is 2. The van der Waals surface area contributed by atoms with E-state index in [2.05, 4.69) is 5.32 Å². The largest absolute Gasteiger partial charge is 0.357 e. The van der Waals surface area contributed by atoms with E-state index in [0.29, 0.717) is 11.1 Å². The van der Waals surface area contributed by atoms with Gasteiger partial charge in [-0.2, -0.15) is 0 Å². The van der Waals surface area contributed by atoms with E-state index in [1.54, 1.807) is 18.2 Å². The lowest BCUT2D eigenvalue weighted by molar-refractivity contribution is -0.385. The minimum atomic E-state index is -3.86. The van der Waals surface area contributed by atoms with Crippen molar-refractivity contribution >= 4 is 27.5 Å². The fraction of sp³-hybridized carbons (Fsp3) is 0.300. The standard InChI is InChI=1S/C20H22N4O6S/c1-22-20(26)18-11-14-6-7-16(24(27)28)10-15(14)12-23(18)19(25)8-5-13-3-2-4-17(9-13)31(21,29)30/h2-4,6-7,9-10,18H,5,8,11-12H2,1H3,(H,22,26)(H2,21,29,30)/t18-/m0/s1. The predicted octanol–water partition coefficient (Wildman–Crippen LogP) is 0.874. The molecule has 0 saturated carbocycles. The number of sulfonamides is 1. The monoisotopic (exact) mass is 446 g/mol. The van der Waals surface area contributed by atoms with Gasteiger partial charge in [0.15, 0.2) is 0 Å². The highest BCUT2D eigenvalue weighted by Crippen LogP contribution is 2.28. The van der Waals surface area contributed by atoms with E-state index in [1.807, 2.05) is 0 Å². The second-order valence-corrected chi connectivity index (χ2v) is 8.82. The van der Waals surface area contributed by atoms with Crippen molar-refractivity contribution in [3.05, 3.63) is 69.3 Å². The molecule has 2 amide bonds. The van der Waals surface area contributed by atoms with Gasteiger partial charge in [0.2, 0.25) is 21.8 Å². The van der Waals surface area contributed by atoms with Crippen LogP contribution in [-0.4, -0.2) is 43.1 Å². The van der Waals surface area contributed by atoms with Crippen molar-refractivity contribution in [2.75, 3.05) is 7.05 Å². The number of hydrogen-bond acceptors (Lipinski definition) is 6. The fourth-order valence-corrected chi connectivity index (χ4v) is 4.20. The molecular formula is C20H22N4O6S. The number of likely N-dealkylation sites (N-methyl/N-ethyl adjacent to an activating group) is 1. The molecule has 2 aromatic rings. The Morgan fingerprint density at radius 3 is 2.61 bits per heavy atom. The normalized spacial score (nSPS) is 15.8. The highest BCUT2D eigenvalue weighted by atomic mass is 32.2. The summed E-state index contributed by atoms with van der Waals surface area (Å²) in [6.07, 6.45) is 0.534. The van der Waals surface area contributed by atoms with E-state index < -0.39 is 21.0 Å². The molecule has 0 bridgehead atoms. The first kappa shape index (κ1) is 22.4. The SMILES string of the molecule is CNC(=O)[C@@H]1Cc2ccc([N+](=O)[O-])cc2CN1C(=O)CCc1cccc(S(N)(=O)=O)c1. The lowest BCUT2D eigenvalue weighted by Gasteiger charge is -2.35. The van der Waals surface area contributed by atoms with Gasteiger partial charge >= 0.3 is 0 Å². The summed E-state index contributed by atoms with van der Waals surface area (Å²) in [5.41, 5.74) is 1.94. The lowest BCUT2D eigenvalue weighted by Crippen LogP contribution is -2.52. The van der Waals surface area contributed by atoms with E-state index in [4.69, 9.17) is 5.14 Å². The van der Waals surface area contributed by atoms with Crippen LogP contribution >= 0.6 is 0 Å². The average Bonchev–Trinajstić information content (AvgIpc) is 2.75. The molecule has 1 aliphatic heterocycles. The number of nitro groups is 1. The van der Waals surface area contributed by atoms with Crippen molar-refractivity contribution in [1.82, 2.24) is 10.2 Å². The Morgan fingerprint density at radius 2 is 1.97 bits per heavy atom. The van der Waals surface area contributed by atoms with Crippen LogP contribution in [0.3, 0.4) is 0 Å². The quantitative estimate of drug-likeness (QED) is 0.496. The Hall–Kier alpha value is -3.31. The van der Waals surface area contributed by atoms with Gasteiger partial charge in [-0.05, 0) is 35.2 Å². The van der Waals surface area contributed by atoms with Crippen LogP contribution in [0, 0.1) is 10.1 Å². The van der Waals surface area contributed by atoms with Crippen LogP contribution in [-0.2, 0) is 39.0 Å². The number of fused-ring (bicyclic) bond motifs is 1. The first-order valence-corrected chi connectivity index (χ1v) is 11.0. The number of nitrogens with two attached hydrogens (primary N) is 1. The summed E-state index contributed by atoms with van der Waals surface area (Å²) in [5, 5.41) is 18.8. The van der Waals surface area contributed by atoms with Gasteiger partial charge in [0.05, 0.1) is 9.82 Å². The minimum Gasteiger partial charge on any atom is -0.357 e. The molecule has 0 spiro atoms. The van der Waals surface area contributed by atoms with Gasteiger partial charge in [0.1, 0.15) is 6.04 Å². The zero-order valence-electron chi connectivity index (χ0n) is 16.8. The summed E-state index contributed by atoms with van der Waals surface area (Å²) in [6, 6.07) is 9.70. The second-order valence-electron chi connectivity index (χ2n) is 7.26. The highest BCUT2D eigenvalue weighted by Gasteiger charge is 2.34. The number of primary sulfonamides is 1. The van der Waals surface area contributed by atoms with Gasteiger partial charge in [-0.1, -0.05) is 18.2 Å². The van der Waals surface area contributed by atoms with Crippen LogP contribution in [0.5, 0.6) is 0 Å². The van der Waals surface area contributed by atoms with Gasteiger partial charge in [-0.3, -0.25) is 19.7 Å². The number of non-ortho nitro benzene ring substituents is 1. The average molecular weight is 446 g/mol. The molecule has 0 unspecified atom stereocenters. The van der Waals surface area contributed by atoms with Crippen molar-refractivity contribution in [2.24, 2.45) is 5.14 Å². The Labute approximate surface area is 179 Å². The number of nitro benzene ring substituents is 1. The van der Waals surface area contributed by atoms with Gasteiger partial charge < -0.3 is 10.2 Å². The molecule has 0 aromatic heterocycles. The Bertz CT molecular complexity index is 1150. The van der Waals surface area contributed by atoms with E-state index in [1.165, 1.54) is 36.2 Å². The molecule has 0 saturated heterocycles. The number of amides is 2. The number of hydrogen-bond donors (Lipinski definition) is 2. The zero-order chi connectivity index (χ0) is 22.8. The molecule has 3 rings (SSSR count). The van der Waals surface area contributed by atoms with E-state index in [0.717, 1.165) is 5.56 Å². The van der Waals surface area contributed by atoms with E-state index >= 15 is 0 Å². The number of nitrogens with one attached hydrogen (secondary N) is 1. The summed E-state index contributed by atoms with van der Waals surface area (Å²) in [4.78, 5) is 37.3. The molecule has 1 heterocycles.